The Morgan fingerprint density at radius 3 is 1.62 bits per heavy atom. The molecule has 0 unspecified atom stereocenters. The van der Waals surface area contributed by atoms with Gasteiger partial charge >= 0.3 is 0 Å². The van der Waals surface area contributed by atoms with Gasteiger partial charge in [0.2, 0.25) is 0 Å². The van der Waals surface area contributed by atoms with Crippen molar-refractivity contribution >= 4 is 103 Å². The maximum absolute atomic E-state index is 5.66. The second-order valence-corrected chi connectivity index (χ2v) is 16.0. The van der Waals surface area contributed by atoms with Crippen LogP contribution in [0.2, 0.25) is 0 Å². The Kier molecular flexibility index (Phi) is 6.60. The number of nitrogens with zero attached hydrogens (tertiary/aromatic N) is 2. The minimum absolute atomic E-state index is 1.17. The van der Waals surface area contributed by atoms with Gasteiger partial charge in [0.05, 0.1) is 33.4 Å². The molecule has 0 bridgehead atoms. The number of rotatable bonds is 4. The van der Waals surface area contributed by atoms with Gasteiger partial charge in [-0.15, -0.1) is 29.1 Å². The summed E-state index contributed by atoms with van der Waals surface area (Å²) in [4.78, 5) is 1.26. The summed E-state index contributed by atoms with van der Waals surface area (Å²) in [5.41, 5.74) is 10.8. The van der Waals surface area contributed by atoms with Crippen molar-refractivity contribution in [3.05, 3.63) is 162 Å². The molecule has 11 rings (SSSR count). The first-order valence-electron chi connectivity index (χ1n) is 17.8. The molecule has 0 saturated carbocycles. The normalized spacial score (nSPS) is 12.2. The maximum atomic E-state index is 5.66. The number of allylic oxidation sites excluding steroid dienone is 1. The molecule has 0 spiro atoms. The van der Waals surface area contributed by atoms with Crippen molar-refractivity contribution < 1.29 is 0 Å². The van der Waals surface area contributed by atoms with Crippen molar-refractivity contribution in [1.82, 2.24) is 9.13 Å². The van der Waals surface area contributed by atoms with E-state index in [2.05, 4.69) is 174 Å². The van der Waals surface area contributed by atoms with E-state index in [0.717, 1.165) is 0 Å². The van der Waals surface area contributed by atoms with Gasteiger partial charge in [-0.25, -0.2) is 0 Å². The lowest BCUT2D eigenvalue weighted by atomic mass is 10.0. The van der Waals surface area contributed by atoms with E-state index in [4.69, 9.17) is 6.42 Å². The number of thiophene rings is 2. The lowest BCUT2D eigenvalue weighted by Crippen LogP contribution is -1.95. The summed E-state index contributed by atoms with van der Waals surface area (Å²) >= 11 is 3.69. The molecule has 0 N–H and O–H groups in total. The molecule has 0 saturated heterocycles. The molecule has 0 fully saturated rings. The molecular weight excluding hydrogens is 681 g/mol. The summed E-state index contributed by atoms with van der Waals surface area (Å²) in [7, 11) is 0. The largest absolute Gasteiger partial charge is 0.309 e. The summed E-state index contributed by atoms with van der Waals surface area (Å²) in [6.07, 6.45) is 9.55. The van der Waals surface area contributed by atoms with Crippen molar-refractivity contribution in [2.45, 2.75) is 6.92 Å². The quantitative estimate of drug-likeness (QED) is 0.161. The average molecular weight is 711 g/mol. The Labute approximate surface area is 314 Å². The monoisotopic (exact) mass is 710 g/mol. The van der Waals surface area contributed by atoms with Crippen molar-refractivity contribution in [1.29, 1.82) is 0 Å². The van der Waals surface area contributed by atoms with Gasteiger partial charge in [-0.05, 0) is 102 Å². The molecule has 0 radical (unpaired) electrons. The summed E-state index contributed by atoms with van der Waals surface area (Å²) in [5.74, 6) is 2.69. The molecule has 0 amide bonds. The van der Waals surface area contributed by atoms with Gasteiger partial charge < -0.3 is 9.13 Å². The van der Waals surface area contributed by atoms with Crippen molar-refractivity contribution in [2.75, 3.05) is 0 Å². The van der Waals surface area contributed by atoms with E-state index in [-0.39, 0.29) is 0 Å². The van der Waals surface area contributed by atoms with Crippen LogP contribution in [-0.4, -0.2) is 9.13 Å². The number of hydrogen-bond donors (Lipinski definition) is 0. The van der Waals surface area contributed by atoms with Gasteiger partial charge in [0.1, 0.15) is 0 Å². The van der Waals surface area contributed by atoms with Crippen molar-refractivity contribution in [2.24, 2.45) is 0 Å². The van der Waals surface area contributed by atoms with Crippen molar-refractivity contribution in [3.63, 3.8) is 0 Å². The highest BCUT2D eigenvalue weighted by molar-refractivity contribution is 7.25. The molecule has 0 aliphatic heterocycles. The first kappa shape index (κ1) is 30.3. The lowest BCUT2D eigenvalue weighted by Gasteiger charge is -2.12. The third-order valence-corrected chi connectivity index (χ3v) is 13.0. The lowest BCUT2D eigenvalue weighted by molar-refractivity contribution is 1.20. The fourth-order valence-electron chi connectivity index (χ4n) is 8.56. The molecule has 0 aliphatic carbocycles. The van der Waals surface area contributed by atoms with Crippen LogP contribution in [0, 0.1) is 19.3 Å². The zero-order chi connectivity index (χ0) is 35.2. The van der Waals surface area contributed by atoms with Crippen LogP contribution in [0.15, 0.2) is 152 Å². The van der Waals surface area contributed by atoms with Crippen LogP contribution < -0.4 is 0 Å². The zero-order valence-electron chi connectivity index (χ0n) is 28.8. The predicted octanol–water partition coefficient (Wildman–Crippen LogP) is 14.1. The molecule has 2 nitrogen and oxygen atoms in total. The minimum atomic E-state index is 1.17. The number of terminal acetylenes is 1. The van der Waals surface area contributed by atoms with Crippen LogP contribution in [0.4, 0.5) is 0 Å². The molecule has 4 heteroatoms. The molecule has 248 valence electrons. The molecular formula is C49H30N2S2. The molecule has 53 heavy (non-hydrogen) atoms. The highest BCUT2D eigenvalue weighted by Crippen LogP contribution is 2.43. The van der Waals surface area contributed by atoms with Crippen LogP contribution in [0.5, 0.6) is 0 Å². The Morgan fingerprint density at radius 2 is 1.00 bits per heavy atom. The summed E-state index contributed by atoms with van der Waals surface area (Å²) in [5, 5.41) is 8.85. The van der Waals surface area contributed by atoms with Gasteiger partial charge in [0, 0.05) is 56.7 Å². The van der Waals surface area contributed by atoms with Crippen LogP contribution in [-0.2, 0) is 0 Å². The van der Waals surface area contributed by atoms with E-state index in [1.807, 2.05) is 28.7 Å². The maximum Gasteiger partial charge on any atom is 0.0555 e. The number of benzene rings is 7. The van der Waals surface area contributed by atoms with Gasteiger partial charge in [-0.3, -0.25) is 0 Å². The van der Waals surface area contributed by atoms with Gasteiger partial charge in [-0.2, -0.15) is 0 Å². The van der Waals surface area contributed by atoms with Crippen molar-refractivity contribution in [3.8, 4) is 34.8 Å². The third kappa shape index (κ3) is 4.39. The highest BCUT2D eigenvalue weighted by Gasteiger charge is 2.20. The summed E-state index contributed by atoms with van der Waals surface area (Å²) in [6.45, 7) is 2.18. The van der Waals surface area contributed by atoms with E-state index in [1.165, 1.54) is 107 Å². The molecule has 0 atom stereocenters. The van der Waals surface area contributed by atoms with Gasteiger partial charge in [0.25, 0.3) is 0 Å². The SMILES string of the molecule is C#C/C=C\c1c(C)sc2cccc(-n3c4ccccc4c4cc(-c5ccc6c(c5)c5ccccc5n6-c5cccc6sc7ccccc7c56)ccc43)c12. The number of aromatic nitrogens is 2. The topological polar surface area (TPSA) is 9.86 Å². The molecule has 11 aromatic rings. The smallest absolute Gasteiger partial charge is 0.0555 e. The van der Waals surface area contributed by atoms with Gasteiger partial charge in [0.15, 0.2) is 0 Å². The first-order valence-corrected chi connectivity index (χ1v) is 19.4. The van der Waals surface area contributed by atoms with Crippen LogP contribution in [0.1, 0.15) is 10.4 Å². The Hall–Kier alpha value is -6.38. The van der Waals surface area contributed by atoms with E-state index in [1.54, 1.807) is 0 Å². The zero-order valence-corrected chi connectivity index (χ0v) is 30.4. The fourth-order valence-corrected chi connectivity index (χ4v) is 10.8. The standard InChI is InChI=1S/C49H30N2S2/c1-3-4-13-33-30(2)52-46-22-11-19-43(48(33)46)50-39-17-8-5-14-34(39)37-28-31(24-26-41(37)50)32-25-27-42-38(29-32)35-15-6-9-18-40(35)51(42)44-20-12-23-47-49(44)36-16-7-10-21-45(36)53-47/h1,4-29H,2H3/b13-4-. The molecule has 4 aromatic heterocycles. The number of hydrogen-bond acceptors (Lipinski definition) is 2. The Balaban J connectivity index is 1.13. The average Bonchev–Trinajstić information content (AvgIpc) is 3.93. The summed E-state index contributed by atoms with van der Waals surface area (Å²) in [6, 6.07) is 53.7. The second-order valence-electron chi connectivity index (χ2n) is 13.6. The molecule has 0 aliphatic rings. The predicted molar refractivity (Wildman–Crippen MR) is 231 cm³/mol. The van der Waals surface area contributed by atoms with E-state index >= 15 is 0 Å². The molecule has 4 heterocycles. The van der Waals surface area contributed by atoms with E-state index in [9.17, 15) is 0 Å². The number of fused-ring (bicyclic) bond motifs is 10. The Bertz CT molecular complexity index is 3370. The third-order valence-electron chi connectivity index (χ3n) is 10.8. The van der Waals surface area contributed by atoms with E-state index < -0.39 is 0 Å². The van der Waals surface area contributed by atoms with Gasteiger partial charge in [-0.1, -0.05) is 84.8 Å². The minimum Gasteiger partial charge on any atom is -0.309 e. The van der Waals surface area contributed by atoms with Crippen LogP contribution >= 0.6 is 22.7 Å². The summed E-state index contributed by atoms with van der Waals surface area (Å²) < 4.78 is 8.78. The van der Waals surface area contributed by atoms with Crippen LogP contribution in [0.3, 0.4) is 0 Å². The van der Waals surface area contributed by atoms with E-state index in [0.29, 0.717) is 0 Å². The number of para-hydroxylation sites is 2. The fraction of sp³-hybridized carbons (Fsp3) is 0.0204. The first-order chi connectivity index (χ1) is 26.2. The number of aryl methyl sites for hydroxylation is 1. The highest BCUT2D eigenvalue weighted by atomic mass is 32.1. The molecule has 7 aromatic carbocycles. The Morgan fingerprint density at radius 1 is 0.491 bits per heavy atom. The second kappa shape index (κ2) is 11.6. The van der Waals surface area contributed by atoms with Crippen LogP contribution in [0.25, 0.3) is 102 Å².